The molecule has 5 nitrogen and oxygen atoms in total. The SMILES string of the molecule is [C-]#[N+]c1cc(-c2ccccc2)c(-c2ccc(CN3CCC(c4nc5ccc(F)cc5[nH]4)CC3)cc2)nc1F. The van der Waals surface area contributed by atoms with Crippen LogP contribution in [0.3, 0.4) is 0 Å². The van der Waals surface area contributed by atoms with Crippen LogP contribution >= 0.6 is 0 Å². The molecule has 0 unspecified atom stereocenters. The number of pyridine rings is 1. The Labute approximate surface area is 219 Å². The second-order valence-corrected chi connectivity index (χ2v) is 9.70. The van der Waals surface area contributed by atoms with Crippen molar-refractivity contribution in [1.82, 2.24) is 19.9 Å². The van der Waals surface area contributed by atoms with Gasteiger partial charge in [-0.2, -0.15) is 4.39 Å². The van der Waals surface area contributed by atoms with E-state index in [-0.39, 0.29) is 11.5 Å². The molecule has 0 radical (unpaired) electrons. The number of likely N-dealkylation sites (tertiary alicyclic amines) is 1. The smallest absolute Gasteiger partial charge is 0.241 e. The number of H-pyrrole nitrogens is 1. The summed E-state index contributed by atoms with van der Waals surface area (Å²) in [4.78, 5) is 17.9. The van der Waals surface area contributed by atoms with Crippen molar-refractivity contribution in [3.05, 3.63) is 113 Å². The Balaban J connectivity index is 1.15. The molecule has 1 saturated heterocycles. The summed E-state index contributed by atoms with van der Waals surface area (Å²) in [7, 11) is 0. The zero-order valence-corrected chi connectivity index (χ0v) is 20.7. The van der Waals surface area contributed by atoms with Gasteiger partial charge in [0.1, 0.15) is 11.6 Å². The van der Waals surface area contributed by atoms with Gasteiger partial charge in [0.2, 0.25) is 11.6 Å². The maximum absolute atomic E-state index is 14.5. The van der Waals surface area contributed by atoms with Crippen molar-refractivity contribution < 1.29 is 8.78 Å². The number of nitrogens with one attached hydrogen (secondary N) is 1. The lowest BCUT2D eigenvalue weighted by Crippen LogP contribution is -2.32. The van der Waals surface area contributed by atoms with E-state index in [9.17, 15) is 8.78 Å². The summed E-state index contributed by atoms with van der Waals surface area (Å²) in [6.07, 6.45) is 1.97. The predicted octanol–water partition coefficient (Wildman–Crippen LogP) is 7.50. The molecular formula is C31H25F2N5. The standard InChI is InChI=1S/C31H25F2N5/c1-34-28-18-25(21-5-3-2-4-6-21)29(37-30(28)33)22-9-7-20(8-10-22)19-38-15-13-23(14-16-38)31-35-26-12-11-24(32)17-27(26)36-31/h2-12,17-18,23H,13-16,19H2,(H,35,36). The normalized spacial score (nSPS) is 14.6. The van der Waals surface area contributed by atoms with Crippen LogP contribution in [0.15, 0.2) is 78.9 Å². The van der Waals surface area contributed by atoms with Gasteiger partial charge in [-0.25, -0.2) is 19.2 Å². The van der Waals surface area contributed by atoms with Gasteiger partial charge in [-0.1, -0.05) is 54.6 Å². The zero-order valence-electron chi connectivity index (χ0n) is 20.7. The molecule has 0 bridgehead atoms. The number of aromatic amines is 1. The molecule has 3 heterocycles. The highest BCUT2D eigenvalue weighted by Gasteiger charge is 2.23. The van der Waals surface area contributed by atoms with Gasteiger partial charge in [-0.3, -0.25) is 4.90 Å². The first-order valence-electron chi connectivity index (χ1n) is 12.7. The Morgan fingerprint density at radius 3 is 2.39 bits per heavy atom. The Bertz CT molecular complexity index is 1630. The average Bonchev–Trinajstić information content (AvgIpc) is 3.37. The van der Waals surface area contributed by atoms with Crippen LogP contribution in [0.4, 0.5) is 14.5 Å². The second kappa shape index (κ2) is 10.2. The summed E-state index contributed by atoms with van der Waals surface area (Å²) in [5, 5.41) is 0. The van der Waals surface area contributed by atoms with Gasteiger partial charge in [0, 0.05) is 18.0 Å². The van der Waals surface area contributed by atoms with E-state index in [2.05, 4.69) is 36.8 Å². The average molecular weight is 506 g/mol. The highest BCUT2D eigenvalue weighted by Crippen LogP contribution is 2.35. The molecule has 188 valence electrons. The predicted molar refractivity (Wildman–Crippen MR) is 145 cm³/mol. The van der Waals surface area contributed by atoms with Gasteiger partial charge in [-0.15, -0.1) is 0 Å². The number of benzene rings is 3. The third kappa shape index (κ3) is 4.79. The number of hydrogen-bond donors (Lipinski definition) is 1. The van der Waals surface area contributed by atoms with E-state index in [1.54, 1.807) is 12.1 Å². The fourth-order valence-corrected chi connectivity index (χ4v) is 5.20. The van der Waals surface area contributed by atoms with Gasteiger partial charge in [0.25, 0.3) is 0 Å². The van der Waals surface area contributed by atoms with E-state index in [0.717, 1.165) is 66.0 Å². The van der Waals surface area contributed by atoms with Crippen molar-refractivity contribution in [2.45, 2.75) is 25.3 Å². The van der Waals surface area contributed by atoms with Gasteiger partial charge >= 0.3 is 0 Å². The number of halogens is 2. The molecular weight excluding hydrogens is 480 g/mol. The van der Waals surface area contributed by atoms with E-state index in [0.29, 0.717) is 11.6 Å². The van der Waals surface area contributed by atoms with Crippen LogP contribution in [0, 0.1) is 18.3 Å². The summed E-state index contributed by atoms with van der Waals surface area (Å²) in [5.41, 5.74) is 5.60. The lowest BCUT2D eigenvalue weighted by molar-refractivity contribution is 0.202. The first-order valence-corrected chi connectivity index (χ1v) is 12.7. The lowest BCUT2D eigenvalue weighted by atomic mass is 9.95. The van der Waals surface area contributed by atoms with Crippen LogP contribution in [0.1, 0.15) is 30.1 Å². The van der Waals surface area contributed by atoms with Crippen LogP contribution in [0.2, 0.25) is 0 Å². The van der Waals surface area contributed by atoms with Gasteiger partial charge in [0.05, 0.1) is 23.3 Å². The Morgan fingerprint density at radius 1 is 0.895 bits per heavy atom. The molecule has 0 aliphatic carbocycles. The Hall–Kier alpha value is -4.41. The summed E-state index contributed by atoms with van der Waals surface area (Å²) in [6.45, 7) is 10.00. The highest BCUT2D eigenvalue weighted by atomic mass is 19.1. The van der Waals surface area contributed by atoms with Crippen molar-refractivity contribution in [2.24, 2.45) is 0 Å². The number of piperidine rings is 1. The monoisotopic (exact) mass is 505 g/mol. The third-order valence-electron chi connectivity index (χ3n) is 7.23. The van der Waals surface area contributed by atoms with Gasteiger partial charge in [0.15, 0.2) is 0 Å². The minimum Gasteiger partial charge on any atom is -0.342 e. The van der Waals surface area contributed by atoms with E-state index >= 15 is 0 Å². The maximum atomic E-state index is 14.5. The van der Waals surface area contributed by atoms with Crippen molar-refractivity contribution >= 4 is 16.7 Å². The lowest BCUT2D eigenvalue weighted by Gasteiger charge is -2.31. The Morgan fingerprint density at radius 2 is 1.66 bits per heavy atom. The summed E-state index contributed by atoms with van der Waals surface area (Å²) in [6, 6.07) is 23.9. The number of hydrogen-bond acceptors (Lipinski definition) is 3. The molecule has 0 saturated carbocycles. The Kier molecular flexibility index (Phi) is 6.40. The molecule has 5 aromatic rings. The van der Waals surface area contributed by atoms with Gasteiger partial charge < -0.3 is 4.98 Å². The van der Waals surface area contributed by atoms with Crippen molar-refractivity contribution in [3.63, 3.8) is 0 Å². The quantitative estimate of drug-likeness (QED) is 0.199. The van der Waals surface area contributed by atoms with Gasteiger partial charge in [-0.05, 0) is 66.9 Å². The number of rotatable bonds is 5. The largest absolute Gasteiger partial charge is 0.342 e. The van der Waals surface area contributed by atoms with Crippen molar-refractivity contribution in [1.29, 1.82) is 0 Å². The summed E-state index contributed by atoms with van der Waals surface area (Å²) in [5.74, 6) is 0.259. The first kappa shape index (κ1) is 24.0. The molecule has 7 heteroatoms. The topological polar surface area (TPSA) is 49.2 Å². The first-order chi connectivity index (χ1) is 18.6. The number of imidazole rings is 1. The number of aromatic nitrogens is 3. The highest BCUT2D eigenvalue weighted by molar-refractivity contribution is 5.83. The molecule has 1 N–H and O–H groups in total. The number of nitrogens with zero attached hydrogens (tertiary/aromatic N) is 4. The van der Waals surface area contributed by atoms with Crippen LogP contribution in [-0.2, 0) is 6.54 Å². The maximum Gasteiger partial charge on any atom is 0.241 e. The fraction of sp³-hybridized carbons (Fsp3) is 0.194. The van der Waals surface area contributed by atoms with Crippen molar-refractivity contribution in [3.8, 4) is 22.4 Å². The number of fused-ring (bicyclic) bond motifs is 1. The van der Waals surface area contributed by atoms with Crippen LogP contribution in [0.25, 0.3) is 38.3 Å². The molecule has 6 rings (SSSR count). The fourth-order valence-electron chi connectivity index (χ4n) is 5.20. The van der Waals surface area contributed by atoms with E-state index in [1.165, 1.54) is 17.7 Å². The molecule has 3 aromatic carbocycles. The molecule has 0 amide bonds. The molecule has 1 aliphatic heterocycles. The molecule has 38 heavy (non-hydrogen) atoms. The summed E-state index contributed by atoms with van der Waals surface area (Å²) >= 11 is 0. The molecule has 1 aliphatic rings. The molecule has 0 spiro atoms. The van der Waals surface area contributed by atoms with Crippen LogP contribution < -0.4 is 0 Å². The van der Waals surface area contributed by atoms with Crippen molar-refractivity contribution in [2.75, 3.05) is 13.1 Å². The minimum atomic E-state index is -0.754. The minimum absolute atomic E-state index is 0.0811. The second-order valence-electron chi connectivity index (χ2n) is 9.70. The molecule has 1 fully saturated rings. The van der Waals surface area contributed by atoms with E-state index in [4.69, 9.17) is 6.57 Å². The molecule has 0 atom stereocenters. The molecule has 2 aromatic heterocycles. The third-order valence-corrected chi connectivity index (χ3v) is 7.23. The van der Waals surface area contributed by atoms with E-state index in [1.807, 2.05) is 42.5 Å². The van der Waals surface area contributed by atoms with Crippen LogP contribution in [0.5, 0.6) is 0 Å². The van der Waals surface area contributed by atoms with E-state index < -0.39 is 5.95 Å². The summed E-state index contributed by atoms with van der Waals surface area (Å²) < 4.78 is 28.0. The zero-order chi connectivity index (χ0) is 26.1. The van der Waals surface area contributed by atoms with Crippen LogP contribution in [-0.4, -0.2) is 32.9 Å².